The van der Waals surface area contributed by atoms with Gasteiger partial charge in [-0.1, -0.05) is 178 Å². The fourth-order valence-electron chi connectivity index (χ4n) is 8.87. The predicted octanol–water partition coefficient (Wildman–Crippen LogP) is 13.6. The minimum Gasteiger partial charge on any atom is -0.309 e. The van der Waals surface area contributed by atoms with E-state index in [0.717, 1.165) is 39.0 Å². The lowest BCUT2D eigenvalue weighted by Gasteiger charge is -2.22. The maximum atomic E-state index is 5.18. The van der Waals surface area contributed by atoms with E-state index in [1.807, 2.05) is 24.3 Å². The van der Waals surface area contributed by atoms with Crippen LogP contribution in [0.1, 0.15) is 25.0 Å². The summed E-state index contributed by atoms with van der Waals surface area (Å²) in [5, 5.41) is 2.37. The summed E-state index contributed by atoms with van der Waals surface area (Å²) >= 11 is 0. The zero-order chi connectivity index (χ0) is 38.8. The first kappa shape index (κ1) is 33.9. The normalized spacial score (nSPS) is 12.8. The van der Waals surface area contributed by atoms with Crippen LogP contribution in [-0.2, 0) is 5.41 Å². The first-order valence-corrected chi connectivity index (χ1v) is 19.9. The molecule has 0 amide bonds. The molecule has 0 bridgehead atoms. The van der Waals surface area contributed by atoms with Gasteiger partial charge in [0.2, 0.25) is 0 Å². The Balaban J connectivity index is 1.11. The Morgan fingerprint density at radius 1 is 0.345 bits per heavy atom. The molecule has 2 aromatic heterocycles. The average molecular weight is 743 g/mol. The molecule has 1 aliphatic carbocycles. The maximum Gasteiger partial charge on any atom is 0.164 e. The van der Waals surface area contributed by atoms with Crippen LogP contribution in [0.4, 0.5) is 0 Å². The fourth-order valence-corrected chi connectivity index (χ4v) is 8.87. The third-order valence-corrected chi connectivity index (χ3v) is 11.9. The van der Waals surface area contributed by atoms with E-state index in [1.54, 1.807) is 0 Å². The fraction of sp³-hybridized carbons (Fsp3) is 0.0556. The molecule has 4 heteroatoms. The van der Waals surface area contributed by atoms with Gasteiger partial charge in [-0.2, -0.15) is 0 Å². The Morgan fingerprint density at radius 2 is 0.845 bits per heavy atom. The summed E-state index contributed by atoms with van der Waals surface area (Å²) in [7, 11) is 0. The van der Waals surface area contributed by atoms with Crippen LogP contribution in [0.25, 0.3) is 95.0 Å². The Hall–Kier alpha value is -7.43. The minimum absolute atomic E-state index is 0.124. The molecule has 274 valence electrons. The molecule has 0 N–H and O–H groups in total. The van der Waals surface area contributed by atoms with E-state index < -0.39 is 0 Å². The third kappa shape index (κ3) is 5.56. The number of hydrogen-bond donors (Lipinski definition) is 0. The first-order valence-electron chi connectivity index (χ1n) is 19.9. The summed E-state index contributed by atoms with van der Waals surface area (Å²) < 4.78 is 2.42. The Kier molecular flexibility index (Phi) is 7.80. The van der Waals surface area contributed by atoms with Crippen molar-refractivity contribution in [3.8, 4) is 73.2 Å². The molecule has 2 heterocycles. The maximum absolute atomic E-state index is 5.18. The Bertz CT molecular complexity index is 3160. The van der Waals surface area contributed by atoms with Crippen LogP contribution in [0, 0.1) is 0 Å². The van der Waals surface area contributed by atoms with Crippen LogP contribution in [0.2, 0.25) is 0 Å². The van der Waals surface area contributed by atoms with Crippen molar-refractivity contribution in [3.63, 3.8) is 0 Å². The number of aromatic nitrogens is 4. The molecule has 0 aliphatic heterocycles. The van der Waals surface area contributed by atoms with Crippen molar-refractivity contribution in [3.05, 3.63) is 205 Å². The highest BCUT2D eigenvalue weighted by Crippen LogP contribution is 2.49. The highest BCUT2D eigenvalue weighted by atomic mass is 15.0. The molecule has 11 rings (SSSR count). The van der Waals surface area contributed by atoms with E-state index in [4.69, 9.17) is 15.0 Å². The van der Waals surface area contributed by atoms with Crippen molar-refractivity contribution >= 4 is 21.8 Å². The van der Waals surface area contributed by atoms with E-state index >= 15 is 0 Å². The van der Waals surface area contributed by atoms with Gasteiger partial charge in [-0.25, -0.2) is 15.0 Å². The van der Waals surface area contributed by atoms with E-state index in [0.29, 0.717) is 17.5 Å². The average Bonchev–Trinajstić information content (AvgIpc) is 3.74. The molecular formula is C54H38N4. The summed E-state index contributed by atoms with van der Waals surface area (Å²) in [5.74, 6) is 1.91. The molecule has 0 unspecified atom stereocenters. The van der Waals surface area contributed by atoms with Gasteiger partial charge in [-0.15, -0.1) is 0 Å². The molecule has 58 heavy (non-hydrogen) atoms. The largest absolute Gasteiger partial charge is 0.309 e. The summed E-state index contributed by atoms with van der Waals surface area (Å²) in [6, 6.07) is 69.1. The summed E-state index contributed by atoms with van der Waals surface area (Å²) in [6.07, 6.45) is 0. The van der Waals surface area contributed by atoms with Gasteiger partial charge >= 0.3 is 0 Å². The first-order chi connectivity index (χ1) is 28.5. The van der Waals surface area contributed by atoms with Crippen LogP contribution in [0.5, 0.6) is 0 Å². The second-order valence-corrected chi connectivity index (χ2v) is 15.7. The molecule has 4 nitrogen and oxygen atoms in total. The van der Waals surface area contributed by atoms with Crippen molar-refractivity contribution in [2.45, 2.75) is 19.3 Å². The van der Waals surface area contributed by atoms with Crippen LogP contribution in [-0.4, -0.2) is 19.5 Å². The van der Waals surface area contributed by atoms with E-state index in [9.17, 15) is 0 Å². The highest BCUT2D eigenvalue weighted by molar-refractivity contribution is 6.11. The van der Waals surface area contributed by atoms with Crippen molar-refractivity contribution in [2.75, 3.05) is 0 Å². The van der Waals surface area contributed by atoms with Gasteiger partial charge in [0.25, 0.3) is 0 Å². The second-order valence-electron chi connectivity index (χ2n) is 15.7. The van der Waals surface area contributed by atoms with Crippen LogP contribution >= 0.6 is 0 Å². The molecule has 8 aromatic carbocycles. The van der Waals surface area contributed by atoms with Gasteiger partial charge in [0.15, 0.2) is 17.5 Å². The Labute approximate surface area is 337 Å². The molecule has 0 radical (unpaired) electrons. The Morgan fingerprint density at radius 3 is 1.53 bits per heavy atom. The minimum atomic E-state index is -0.124. The van der Waals surface area contributed by atoms with Gasteiger partial charge in [0.1, 0.15) is 0 Å². The van der Waals surface area contributed by atoms with Gasteiger partial charge in [-0.05, 0) is 74.8 Å². The molecule has 0 fully saturated rings. The van der Waals surface area contributed by atoms with Crippen LogP contribution in [0.15, 0.2) is 194 Å². The van der Waals surface area contributed by atoms with Crippen molar-refractivity contribution in [2.24, 2.45) is 0 Å². The molecule has 0 atom stereocenters. The summed E-state index contributed by atoms with van der Waals surface area (Å²) in [4.78, 5) is 15.4. The molecule has 0 spiro atoms. The number of rotatable bonds is 6. The van der Waals surface area contributed by atoms with Crippen molar-refractivity contribution < 1.29 is 0 Å². The van der Waals surface area contributed by atoms with E-state index in [-0.39, 0.29) is 5.41 Å². The smallest absolute Gasteiger partial charge is 0.164 e. The number of fused-ring (bicyclic) bond motifs is 6. The monoisotopic (exact) mass is 742 g/mol. The lowest BCUT2D eigenvalue weighted by molar-refractivity contribution is 0.660. The third-order valence-electron chi connectivity index (χ3n) is 11.9. The quantitative estimate of drug-likeness (QED) is 0.170. The predicted molar refractivity (Wildman–Crippen MR) is 239 cm³/mol. The zero-order valence-electron chi connectivity index (χ0n) is 32.3. The molecule has 0 saturated heterocycles. The molecule has 0 saturated carbocycles. The molecular weight excluding hydrogens is 705 g/mol. The summed E-state index contributed by atoms with van der Waals surface area (Å²) in [5.41, 5.74) is 16.1. The van der Waals surface area contributed by atoms with E-state index in [2.05, 4.69) is 188 Å². The van der Waals surface area contributed by atoms with E-state index in [1.165, 1.54) is 49.7 Å². The number of hydrogen-bond acceptors (Lipinski definition) is 3. The molecule has 10 aromatic rings. The van der Waals surface area contributed by atoms with Gasteiger partial charge < -0.3 is 4.57 Å². The topological polar surface area (TPSA) is 43.6 Å². The van der Waals surface area contributed by atoms with Gasteiger partial charge in [-0.3, -0.25) is 0 Å². The van der Waals surface area contributed by atoms with Crippen molar-refractivity contribution in [1.29, 1.82) is 0 Å². The molecule has 1 aliphatic rings. The number of benzene rings is 8. The SMILES string of the molecule is CC1(C)c2ccccc2-c2ccc(-n3c4ccc(-c5ccccc5)cc4c4ccc(-c5nc(-c6ccccc6)nc(-c6ccc(-c7ccccc7)cc6)n5)cc43)cc21. The van der Waals surface area contributed by atoms with Crippen molar-refractivity contribution in [1.82, 2.24) is 19.5 Å². The van der Waals surface area contributed by atoms with Gasteiger partial charge in [0.05, 0.1) is 11.0 Å². The van der Waals surface area contributed by atoms with Crippen LogP contribution < -0.4 is 0 Å². The van der Waals surface area contributed by atoms with Gasteiger partial charge in [0, 0.05) is 38.6 Å². The lowest BCUT2D eigenvalue weighted by atomic mass is 9.82. The number of nitrogens with zero attached hydrogens (tertiary/aromatic N) is 4. The second kappa shape index (κ2) is 13.4. The standard InChI is InChI=1S/C54H38N4/c1-54(2)47-21-13-12-20-43(47)44-30-28-42(34-48(44)54)58-49-31-27-40(36-16-8-4-9-17-36)32-46(49)45-29-26-41(33-50(45)58)53-56-51(38-18-10-5-11-19-38)55-52(57-53)39-24-22-37(23-25-39)35-14-6-3-7-15-35/h3-34H,1-2H3. The highest BCUT2D eigenvalue weighted by Gasteiger charge is 2.35. The summed E-state index contributed by atoms with van der Waals surface area (Å²) in [6.45, 7) is 4.69. The zero-order valence-corrected chi connectivity index (χ0v) is 32.3. The lowest BCUT2D eigenvalue weighted by Crippen LogP contribution is -2.15. The van der Waals surface area contributed by atoms with Crippen LogP contribution in [0.3, 0.4) is 0 Å².